The van der Waals surface area contributed by atoms with Gasteiger partial charge in [-0.3, -0.25) is 4.68 Å². The average Bonchev–Trinajstić information content (AvgIpc) is 3.25. The molecule has 0 amide bonds. The Bertz CT molecular complexity index is 926. The van der Waals surface area contributed by atoms with Crippen LogP contribution >= 0.6 is 11.3 Å². The number of nitrogens with zero attached hydrogens (tertiary/aromatic N) is 3. The van der Waals surface area contributed by atoms with Gasteiger partial charge in [0.15, 0.2) is 5.76 Å². The van der Waals surface area contributed by atoms with E-state index in [1.54, 1.807) is 37.0 Å². The van der Waals surface area contributed by atoms with Gasteiger partial charge in [-0.15, -0.1) is 11.3 Å². The Labute approximate surface area is 144 Å². The molecule has 0 fully saturated rings. The third kappa shape index (κ3) is 3.14. The molecule has 7 nitrogen and oxygen atoms in total. The maximum Gasteiger partial charge on any atom is 0.242 e. The van der Waals surface area contributed by atoms with Gasteiger partial charge in [0.25, 0.3) is 0 Å². The first-order valence-corrected chi connectivity index (χ1v) is 9.74. The summed E-state index contributed by atoms with van der Waals surface area (Å²) in [6.45, 7) is 3.71. The molecule has 24 heavy (non-hydrogen) atoms. The Morgan fingerprint density at radius 1 is 1.38 bits per heavy atom. The van der Waals surface area contributed by atoms with Crippen LogP contribution in [0.25, 0.3) is 10.6 Å². The summed E-state index contributed by atoms with van der Waals surface area (Å²) >= 11 is 1.36. The lowest BCUT2D eigenvalue weighted by atomic mass is 10.2. The molecule has 128 valence electrons. The van der Waals surface area contributed by atoms with Crippen LogP contribution in [0.3, 0.4) is 0 Å². The Morgan fingerprint density at radius 2 is 2.17 bits per heavy atom. The summed E-state index contributed by atoms with van der Waals surface area (Å²) in [5.41, 5.74) is 0.824. The number of aromatic nitrogens is 3. The molecular formula is C15H18N4O3S2. The van der Waals surface area contributed by atoms with Crippen LogP contribution in [0.5, 0.6) is 0 Å². The maximum atomic E-state index is 12.8. The molecule has 0 saturated heterocycles. The first-order chi connectivity index (χ1) is 11.4. The highest BCUT2D eigenvalue weighted by molar-refractivity contribution is 7.89. The Hall–Kier alpha value is -1.97. The van der Waals surface area contributed by atoms with Crippen molar-refractivity contribution in [2.45, 2.75) is 31.2 Å². The van der Waals surface area contributed by atoms with Crippen molar-refractivity contribution in [1.82, 2.24) is 19.7 Å². The van der Waals surface area contributed by atoms with Crippen LogP contribution in [0.15, 0.2) is 40.0 Å². The van der Waals surface area contributed by atoms with Gasteiger partial charge in [0.2, 0.25) is 10.0 Å². The van der Waals surface area contributed by atoms with Crippen LogP contribution in [0.2, 0.25) is 0 Å². The smallest absolute Gasteiger partial charge is 0.242 e. The van der Waals surface area contributed by atoms with Crippen molar-refractivity contribution in [3.63, 3.8) is 0 Å². The lowest BCUT2D eigenvalue weighted by molar-refractivity contribution is 0.433. The molecule has 3 aromatic rings. The quantitative estimate of drug-likeness (QED) is 0.724. The predicted molar refractivity (Wildman–Crippen MR) is 91.1 cm³/mol. The number of sulfonamides is 1. The monoisotopic (exact) mass is 366 g/mol. The van der Waals surface area contributed by atoms with E-state index in [1.807, 2.05) is 13.0 Å². The van der Waals surface area contributed by atoms with E-state index in [9.17, 15) is 8.42 Å². The van der Waals surface area contributed by atoms with Gasteiger partial charge in [0.05, 0.1) is 27.7 Å². The van der Waals surface area contributed by atoms with E-state index in [2.05, 4.69) is 15.0 Å². The molecule has 0 bridgehead atoms. The highest BCUT2D eigenvalue weighted by Crippen LogP contribution is 2.34. The Kier molecular flexibility index (Phi) is 4.57. The number of thiophene rings is 1. The fraction of sp³-hybridized carbons (Fsp3) is 0.333. The maximum absolute atomic E-state index is 12.8. The molecule has 1 N–H and O–H groups in total. The second kappa shape index (κ2) is 6.50. The van der Waals surface area contributed by atoms with E-state index in [0.717, 1.165) is 10.6 Å². The van der Waals surface area contributed by atoms with E-state index in [1.165, 1.54) is 17.5 Å². The first-order valence-electron chi connectivity index (χ1n) is 7.44. The molecular weight excluding hydrogens is 348 g/mol. The highest BCUT2D eigenvalue weighted by Gasteiger charge is 2.26. The fourth-order valence-corrected chi connectivity index (χ4v) is 5.37. The number of nitrogens with one attached hydrogen (secondary N) is 1. The summed E-state index contributed by atoms with van der Waals surface area (Å²) in [7, 11) is -1.86. The standard InChI is InChI=1S/C15H18N4O3S2/c1-4-11(12-5-7-16-19(12)3)18-24(20,21)15-9-14(23-10(15)2)13-6-8-17-22-13/h5-9,11,18H,4H2,1-3H3. The molecule has 0 spiro atoms. The van der Waals surface area contributed by atoms with Crippen LogP contribution < -0.4 is 4.72 Å². The normalized spacial score (nSPS) is 13.3. The molecule has 3 aromatic heterocycles. The molecule has 3 heterocycles. The molecule has 0 aliphatic rings. The molecule has 0 radical (unpaired) electrons. The average molecular weight is 366 g/mol. The summed E-state index contributed by atoms with van der Waals surface area (Å²) in [5, 5.41) is 7.77. The van der Waals surface area contributed by atoms with Gasteiger partial charge in [-0.2, -0.15) is 5.10 Å². The lowest BCUT2D eigenvalue weighted by Crippen LogP contribution is -2.29. The summed E-state index contributed by atoms with van der Waals surface area (Å²) < 4.78 is 35.2. The van der Waals surface area contributed by atoms with Crippen molar-refractivity contribution in [3.05, 3.63) is 41.2 Å². The topological polar surface area (TPSA) is 90.0 Å². The van der Waals surface area contributed by atoms with E-state index in [0.29, 0.717) is 17.1 Å². The molecule has 0 aliphatic carbocycles. The van der Waals surface area contributed by atoms with Crippen LogP contribution in [0.1, 0.15) is 30.0 Å². The second-order valence-electron chi connectivity index (χ2n) is 5.37. The van der Waals surface area contributed by atoms with Crippen molar-refractivity contribution in [1.29, 1.82) is 0 Å². The minimum Gasteiger partial charge on any atom is -0.355 e. The second-order valence-corrected chi connectivity index (χ2v) is 8.31. The number of hydrogen-bond acceptors (Lipinski definition) is 6. The zero-order chi connectivity index (χ0) is 17.3. The largest absolute Gasteiger partial charge is 0.355 e. The summed E-state index contributed by atoms with van der Waals surface area (Å²) in [6, 6.07) is 4.81. The summed E-state index contributed by atoms with van der Waals surface area (Å²) in [6.07, 6.45) is 3.81. The van der Waals surface area contributed by atoms with E-state index >= 15 is 0 Å². The van der Waals surface area contributed by atoms with Gasteiger partial charge in [0, 0.05) is 24.2 Å². The predicted octanol–water partition coefficient (Wildman–Crippen LogP) is 2.87. The molecule has 0 aromatic carbocycles. The van der Waals surface area contributed by atoms with Gasteiger partial charge in [-0.25, -0.2) is 13.1 Å². The molecule has 1 unspecified atom stereocenters. The van der Waals surface area contributed by atoms with Crippen molar-refractivity contribution in [2.24, 2.45) is 7.05 Å². The van der Waals surface area contributed by atoms with Crippen LogP contribution in [0.4, 0.5) is 0 Å². The molecule has 3 rings (SSSR count). The minimum absolute atomic E-state index is 0.263. The van der Waals surface area contributed by atoms with Crippen LogP contribution in [0, 0.1) is 6.92 Å². The molecule has 1 atom stereocenters. The fourth-order valence-electron chi connectivity index (χ4n) is 2.53. The van der Waals surface area contributed by atoms with Gasteiger partial charge in [-0.1, -0.05) is 12.1 Å². The summed E-state index contributed by atoms with van der Waals surface area (Å²) in [4.78, 5) is 1.70. The SMILES string of the molecule is CCC(NS(=O)(=O)c1cc(-c2ccno2)sc1C)c1ccnn1C. The Balaban J connectivity index is 1.92. The molecule has 9 heteroatoms. The number of hydrogen-bond donors (Lipinski definition) is 1. The molecule has 0 saturated carbocycles. The lowest BCUT2D eigenvalue weighted by Gasteiger charge is -2.17. The number of aryl methyl sites for hydroxylation is 2. The Morgan fingerprint density at radius 3 is 2.75 bits per heavy atom. The highest BCUT2D eigenvalue weighted by atomic mass is 32.2. The van der Waals surface area contributed by atoms with Crippen molar-refractivity contribution in [2.75, 3.05) is 0 Å². The minimum atomic E-state index is -3.66. The third-order valence-corrected chi connectivity index (χ3v) is 6.56. The van der Waals surface area contributed by atoms with Crippen molar-refractivity contribution < 1.29 is 12.9 Å². The number of rotatable bonds is 6. The van der Waals surface area contributed by atoms with Gasteiger partial charge >= 0.3 is 0 Å². The van der Waals surface area contributed by atoms with E-state index < -0.39 is 10.0 Å². The zero-order valence-electron chi connectivity index (χ0n) is 13.6. The first kappa shape index (κ1) is 16.9. The summed E-state index contributed by atoms with van der Waals surface area (Å²) in [5.74, 6) is 0.559. The van der Waals surface area contributed by atoms with Crippen molar-refractivity contribution in [3.8, 4) is 10.6 Å². The van der Waals surface area contributed by atoms with Crippen LogP contribution in [-0.2, 0) is 17.1 Å². The molecule has 0 aliphatic heterocycles. The van der Waals surface area contributed by atoms with Gasteiger partial charge in [-0.05, 0) is 25.5 Å². The van der Waals surface area contributed by atoms with Gasteiger partial charge in [0.1, 0.15) is 0 Å². The van der Waals surface area contributed by atoms with Crippen LogP contribution in [-0.4, -0.2) is 23.4 Å². The zero-order valence-corrected chi connectivity index (χ0v) is 15.2. The van der Waals surface area contributed by atoms with E-state index in [-0.39, 0.29) is 10.9 Å². The van der Waals surface area contributed by atoms with Crippen molar-refractivity contribution >= 4 is 21.4 Å². The third-order valence-electron chi connectivity index (χ3n) is 3.76. The van der Waals surface area contributed by atoms with Gasteiger partial charge < -0.3 is 4.52 Å². The van der Waals surface area contributed by atoms with E-state index in [4.69, 9.17) is 4.52 Å².